The zero-order valence-corrected chi connectivity index (χ0v) is 17.3. The zero-order chi connectivity index (χ0) is 18.7. The molecule has 0 bridgehead atoms. The summed E-state index contributed by atoms with van der Waals surface area (Å²) in [6, 6.07) is 2.59. The Morgan fingerprint density at radius 3 is 2.08 bits per heavy atom. The van der Waals surface area contributed by atoms with Crippen molar-refractivity contribution in [3.63, 3.8) is 0 Å². The van der Waals surface area contributed by atoms with Crippen LogP contribution in [0.25, 0.3) is 0 Å². The predicted molar refractivity (Wildman–Crippen MR) is 107 cm³/mol. The first-order valence-corrected chi connectivity index (χ1v) is 11.4. The molecule has 0 N–H and O–H groups in total. The maximum absolute atomic E-state index is 9.49. The highest BCUT2D eigenvalue weighted by molar-refractivity contribution is 5.01. The first-order valence-electron chi connectivity index (χ1n) is 11.4. The first-order chi connectivity index (χ1) is 12.7. The minimum Gasteiger partial charge on any atom is -0.352 e. The Morgan fingerprint density at radius 1 is 0.846 bits per heavy atom. The molecule has 0 saturated heterocycles. The molecule has 2 fully saturated rings. The normalized spacial score (nSPS) is 32.3. The molecule has 2 rings (SSSR count). The largest absolute Gasteiger partial charge is 0.352 e. The van der Waals surface area contributed by atoms with Crippen LogP contribution in [0.5, 0.6) is 0 Å². The maximum Gasteiger partial charge on any atom is 0.147 e. The quantitative estimate of drug-likeness (QED) is 0.301. The molecule has 3 heteroatoms. The molecule has 0 aromatic carbocycles. The number of nitriles is 1. The number of ether oxygens (including phenoxy) is 2. The van der Waals surface area contributed by atoms with Gasteiger partial charge in [0.25, 0.3) is 0 Å². The van der Waals surface area contributed by atoms with E-state index in [4.69, 9.17) is 9.47 Å². The summed E-state index contributed by atoms with van der Waals surface area (Å²) in [5, 5.41) is 9.49. The fraction of sp³-hybridized carbons (Fsp3) is 0.957. The second-order valence-electron chi connectivity index (χ2n) is 8.78. The highest BCUT2D eigenvalue weighted by Crippen LogP contribution is 2.40. The molecule has 2 aliphatic rings. The van der Waals surface area contributed by atoms with E-state index in [9.17, 15) is 5.26 Å². The summed E-state index contributed by atoms with van der Waals surface area (Å²) in [5.41, 5.74) is -0.0784. The van der Waals surface area contributed by atoms with Crippen LogP contribution in [0.3, 0.4) is 0 Å². The molecule has 26 heavy (non-hydrogen) atoms. The van der Waals surface area contributed by atoms with Gasteiger partial charge >= 0.3 is 0 Å². The predicted octanol–water partition coefficient (Wildman–Crippen LogP) is 6.76. The molecule has 150 valence electrons. The van der Waals surface area contributed by atoms with E-state index < -0.39 is 0 Å². The van der Waals surface area contributed by atoms with E-state index in [-0.39, 0.29) is 5.41 Å². The van der Waals surface area contributed by atoms with Crippen molar-refractivity contribution in [3.05, 3.63) is 0 Å². The third kappa shape index (κ3) is 7.20. The van der Waals surface area contributed by atoms with Gasteiger partial charge in [-0.05, 0) is 63.7 Å². The second kappa shape index (κ2) is 12.0. The van der Waals surface area contributed by atoms with Crippen molar-refractivity contribution >= 4 is 0 Å². The molecule has 0 unspecified atom stereocenters. The summed E-state index contributed by atoms with van der Waals surface area (Å²) in [5.74, 6) is 0.934. The molecule has 0 amide bonds. The fourth-order valence-electron chi connectivity index (χ4n) is 4.89. The Bertz CT molecular complexity index is 401. The van der Waals surface area contributed by atoms with E-state index in [1.54, 1.807) is 0 Å². The van der Waals surface area contributed by atoms with Crippen LogP contribution in [-0.2, 0) is 9.47 Å². The topological polar surface area (TPSA) is 42.2 Å². The average molecular weight is 364 g/mol. The molecule has 3 nitrogen and oxygen atoms in total. The van der Waals surface area contributed by atoms with Crippen LogP contribution < -0.4 is 0 Å². The van der Waals surface area contributed by atoms with E-state index in [2.05, 4.69) is 19.9 Å². The van der Waals surface area contributed by atoms with Gasteiger partial charge in [0.1, 0.15) is 6.79 Å². The van der Waals surface area contributed by atoms with Crippen molar-refractivity contribution in [1.82, 2.24) is 0 Å². The molecule has 0 atom stereocenters. The monoisotopic (exact) mass is 363 g/mol. The Hall–Kier alpha value is -0.590. The summed E-state index contributed by atoms with van der Waals surface area (Å²) in [6.45, 7) is 4.91. The Morgan fingerprint density at radius 2 is 1.50 bits per heavy atom. The van der Waals surface area contributed by atoms with Gasteiger partial charge in [-0.25, -0.2) is 0 Å². The Kier molecular flexibility index (Phi) is 10.0. The highest BCUT2D eigenvalue weighted by atomic mass is 16.7. The smallest absolute Gasteiger partial charge is 0.147 e. The van der Waals surface area contributed by atoms with Crippen LogP contribution in [0.15, 0.2) is 0 Å². The molecule has 0 spiro atoms. The molecule has 0 heterocycles. The molecule has 2 aliphatic carbocycles. The van der Waals surface area contributed by atoms with Crippen LogP contribution in [0.1, 0.15) is 110 Å². The molecule has 0 aliphatic heterocycles. The molecular formula is C23H41NO2. The third-order valence-corrected chi connectivity index (χ3v) is 6.72. The van der Waals surface area contributed by atoms with Gasteiger partial charge in [0.05, 0.1) is 23.7 Å². The lowest BCUT2D eigenvalue weighted by Gasteiger charge is -2.35. The maximum atomic E-state index is 9.49. The third-order valence-electron chi connectivity index (χ3n) is 6.72. The van der Waals surface area contributed by atoms with Gasteiger partial charge in [-0.1, -0.05) is 52.4 Å². The van der Waals surface area contributed by atoms with E-state index in [1.807, 2.05) is 0 Å². The Labute approximate surface area is 161 Å². The van der Waals surface area contributed by atoms with Crippen molar-refractivity contribution in [2.75, 3.05) is 6.79 Å². The van der Waals surface area contributed by atoms with E-state index in [0.29, 0.717) is 19.0 Å². The summed E-state index contributed by atoms with van der Waals surface area (Å²) in [4.78, 5) is 0. The summed E-state index contributed by atoms with van der Waals surface area (Å²) < 4.78 is 12.0. The minimum absolute atomic E-state index is 0.0784. The van der Waals surface area contributed by atoms with Crippen molar-refractivity contribution in [1.29, 1.82) is 5.26 Å². The molecular weight excluding hydrogens is 322 g/mol. The van der Waals surface area contributed by atoms with Crippen molar-refractivity contribution in [3.8, 4) is 6.07 Å². The summed E-state index contributed by atoms with van der Waals surface area (Å²) in [7, 11) is 0. The molecule has 0 aromatic rings. The number of hydrogen-bond donors (Lipinski definition) is 0. The number of unbranched alkanes of at least 4 members (excludes halogenated alkanes) is 3. The lowest BCUT2D eigenvalue weighted by Crippen LogP contribution is -2.31. The van der Waals surface area contributed by atoms with E-state index >= 15 is 0 Å². The van der Waals surface area contributed by atoms with Crippen LogP contribution in [-0.4, -0.2) is 19.0 Å². The molecule has 0 radical (unpaired) electrons. The second-order valence-corrected chi connectivity index (χ2v) is 8.78. The van der Waals surface area contributed by atoms with Crippen LogP contribution in [0.4, 0.5) is 0 Å². The Balaban J connectivity index is 1.53. The number of nitrogens with zero attached hydrogens (tertiary/aromatic N) is 1. The lowest BCUT2D eigenvalue weighted by atomic mass is 9.71. The number of hydrogen-bond acceptors (Lipinski definition) is 3. The van der Waals surface area contributed by atoms with Crippen LogP contribution in [0, 0.1) is 22.7 Å². The van der Waals surface area contributed by atoms with E-state index in [1.165, 1.54) is 57.8 Å². The minimum atomic E-state index is -0.0784. The van der Waals surface area contributed by atoms with Gasteiger partial charge in [0, 0.05) is 0 Å². The van der Waals surface area contributed by atoms with Gasteiger partial charge in [-0.15, -0.1) is 0 Å². The highest BCUT2D eigenvalue weighted by Gasteiger charge is 2.35. The van der Waals surface area contributed by atoms with Gasteiger partial charge in [-0.3, -0.25) is 0 Å². The fourth-order valence-corrected chi connectivity index (χ4v) is 4.89. The first kappa shape index (κ1) is 21.7. The molecule has 0 aromatic heterocycles. The average Bonchev–Trinajstić information content (AvgIpc) is 2.68. The van der Waals surface area contributed by atoms with Crippen molar-refractivity contribution in [2.45, 2.75) is 122 Å². The van der Waals surface area contributed by atoms with Gasteiger partial charge in [-0.2, -0.15) is 5.26 Å². The van der Waals surface area contributed by atoms with E-state index in [0.717, 1.165) is 44.4 Å². The van der Waals surface area contributed by atoms with Gasteiger partial charge in [0.15, 0.2) is 0 Å². The lowest BCUT2D eigenvalue weighted by molar-refractivity contribution is -0.137. The van der Waals surface area contributed by atoms with Gasteiger partial charge in [0.2, 0.25) is 0 Å². The van der Waals surface area contributed by atoms with Gasteiger partial charge < -0.3 is 9.47 Å². The summed E-state index contributed by atoms with van der Waals surface area (Å²) in [6.07, 6.45) is 18.9. The van der Waals surface area contributed by atoms with Crippen molar-refractivity contribution in [2.24, 2.45) is 11.3 Å². The zero-order valence-electron chi connectivity index (χ0n) is 17.3. The number of rotatable bonds is 11. The molecule has 2 saturated carbocycles. The van der Waals surface area contributed by atoms with Crippen LogP contribution in [0.2, 0.25) is 0 Å². The SMILES string of the molecule is CCCCCCC1CCC(OCOC2CCC(C#N)(CCC)CC2)CC1. The van der Waals surface area contributed by atoms with Crippen molar-refractivity contribution < 1.29 is 9.47 Å². The summed E-state index contributed by atoms with van der Waals surface area (Å²) >= 11 is 0. The standard InChI is InChI=1S/C23H41NO2/c1-3-5-6-7-8-20-9-11-21(12-10-20)25-19-26-22-13-16-23(18-24,15-4-2)17-14-22/h20-22H,3-17,19H2,1-2H3. The van der Waals surface area contributed by atoms with Crippen LogP contribution >= 0.6 is 0 Å².